The maximum atomic E-state index is 13.6. The average molecular weight is 410 g/mol. The molecule has 0 radical (unpaired) electrons. The second-order valence-electron chi connectivity index (χ2n) is 7.96. The molecule has 5 nitrogen and oxygen atoms in total. The van der Waals surface area contributed by atoms with Crippen LogP contribution in [0.2, 0.25) is 0 Å². The maximum absolute atomic E-state index is 13.6. The number of aromatic nitrogens is 1. The maximum Gasteiger partial charge on any atom is 0.249 e. The number of fused-ring (bicyclic) bond motifs is 2. The van der Waals surface area contributed by atoms with Gasteiger partial charge in [-0.05, 0) is 74.7 Å². The molecule has 1 aromatic heterocycles. The van der Waals surface area contributed by atoms with E-state index < -0.39 is 5.91 Å². The third-order valence-corrected chi connectivity index (χ3v) is 5.92. The Bertz CT molecular complexity index is 1050. The lowest BCUT2D eigenvalue weighted by Crippen LogP contribution is -2.44. The average Bonchev–Trinajstić information content (AvgIpc) is 3.14. The number of nitrogens with zero attached hydrogens (tertiary/aromatic N) is 1. The minimum Gasteiger partial charge on any atom is -0.492 e. The summed E-state index contributed by atoms with van der Waals surface area (Å²) in [6, 6.07) is 10.6. The number of rotatable bonds is 8. The van der Waals surface area contributed by atoms with Crippen molar-refractivity contribution in [1.82, 2.24) is 9.88 Å². The second-order valence-corrected chi connectivity index (χ2v) is 7.96. The first-order chi connectivity index (χ1) is 14.6. The van der Waals surface area contributed by atoms with E-state index >= 15 is 0 Å². The van der Waals surface area contributed by atoms with Crippen LogP contribution in [0.3, 0.4) is 0 Å². The van der Waals surface area contributed by atoms with Gasteiger partial charge in [0.1, 0.15) is 18.2 Å². The fourth-order valence-corrected chi connectivity index (χ4v) is 4.45. The molecule has 2 aromatic carbocycles. The molecule has 1 amide bonds. The van der Waals surface area contributed by atoms with Gasteiger partial charge >= 0.3 is 0 Å². The Kier molecular flexibility index (Phi) is 6.04. The molecule has 1 atom stereocenters. The number of aromatic amines is 1. The summed E-state index contributed by atoms with van der Waals surface area (Å²) in [5, 5.41) is 0.957. The molecular formula is C24H28FN3O2. The summed E-state index contributed by atoms with van der Waals surface area (Å²) in [6.07, 6.45) is 5.61. The van der Waals surface area contributed by atoms with Crippen LogP contribution in [0.5, 0.6) is 5.75 Å². The Morgan fingerprint density at radius 2 is 2.17 bits per heavy atom. The fraction of sp³-hybridized carbons (Fsp3) is 0.375. The van der Waals surface area contributed by atoms with Gasteiger partial charge in [0.2, 0.25) is 5.91 Å². The zero-order valence-electron chi connectivity index (χ0n) is 17.3. The zero-order chi connectivity index (χ0) is 21.1. The molecule has 0 saturated carbocycles. The van der Waals surface area contributed by atoms with Crippen LogP contribution in [0.15, 0.2) is 42.6 Å². The number of H-pyrrole nitrogens is 1. The van der Waals surface area contributed by atoms with Crippen LogP contribution in [-0.2, 0) is 12.8 Å². The number of primary amides is 1. The van der Waals surface area contributed by atoms with E-state index in [4.69, 9.17) is 10.5 Å². The summed E-state index contributed by atoms with van der Waals surface area (Å²) in [5.74, 6) is 0.142. The monoisotopic (exact) mass is 409 g/mol. The van der Waals surface area contributed by atoms with Crippen LogP contribution >= 0.6 is 0 Å². The number of carbonyl (C=O) groups excluding carboxylic acids is 1. The number of benzene rings is 2. The first-order valence-electron chi connectivity index (χ1n) is 10.6. The number of halogens is 1. The SMILES string of the molecule is CCCN(CCCc1c[nH]c2ccc(F)cc12)C1COc2cccc(C(N)=O)c2C1. The first-order valence-corrected chi connectivity index (χ1v) is 10.6. The summed E-state index contributed by atoms with van der Waals surface area (Å²) >= 11 is 0. The van der Waals surface area contributed by atoms with E-state index in [0.717, 1.165) is 66.6 Å². The Morgan fingerprint density at radius 3 is 2.97 bits per heavy atom. The van der Waals surface area contributed by atoms with Gasteiger partial charge in [-0.2, -0.15) is 0 Å². The van der Waals surface area contributed by atoms with Crippen molar-refractivity contribution in [3.8, 4) is 5.75 Å². The van der Waals surface area contributed by atoms with Crippen molar-refractivity contribution in [2.24, 2.45) is 5.73 Å². The predicted octanol–water partition coefficient (Wildman–Crippen LogP) is 4.05. The zero-order valence-corrected chi connectivity index (χ0v) is 17.3. The largest absolute Gasteiger partial charge is 0.492 e. The molecule has 0 saturated heterocycles. The van der Waals surface area contributed by atoms with Gasteiger partial charge in [0.15, 0.2) is 0 Å². The lowest BCUT2D eigenvalue weighted by atomic mass is 9.95. The van der Waals surface area contributed by atoms with Crippen LogP contribution in [0.25, 0.3) is 10.9 Å². The highest BCUT2D eigenvalue weighted by molar-refractivity contribution is 5.95. The van der Waals surface area contributed by atoms with Crippen molar-refractivity contribution in [2.45, 2.75) is 38.6 Å². The third-order valence-electron chi connectivity index (χ3n) is 5.92. The van der Waals surface area contributed by atoms with E-state index in [0.29, 0.717) is 12.2 Å². The molecule has 2 heterocycles. The van der Waals surface area contributed by atoms with Gasteiger partial charge in [-0.1, -0.05) is 13.0 Å². The standard InChI is InChI=1S/C24H28FN3O2/c1-2-10-28(11-4-5-16-14-27-22-9-8-17(25)12-20(16)22)18-13-21-19(24(26)29)6-3-7-23(21)30-15-18/h3,6-9,12,14,18,27H,2,4-5,10-11,13,15H2,1H3,(H2,26,29). The molecule has 0 fully saturated rings. The van der Waals surface area contributed by atoms with Crippen molar-refractivity contribution in [3.05, 3.63) is 65.1 Å². The second kappa shape index (κ2) is 8.88. The Balaban J connectivity index is 1.44. The molecule has 1 aliphatic heterocycles. The van der Waals surface area contributed by atoms with Crippen molar-refractivity contribution in [3.63, 3.8) is 0 Å². The number of ether oxygens (including phenoxy) is 1. The fourth-order valence-electron chi connectivity index (χ4n) is 4.45. The topological polar surface area (TPSA) is 71.3 Å². The van der Waals surface area contributed by atoms with Crippen LogP contribution in [0, 0.1) is 5.82 Å². The van der Waals surface area contributed by atoms with Crippen molar-refractivity contribution >= 4 is 16.8 Å². The van der Waals surface area contributed by atoms with Gasteiger partial charge in [0.25, 0.3) is 0 Å². The van der Waals surface area contributed by atoms with Gasteiger partial charge in [-0.25, -0.2) is 4.39 Å². The normalized spacial score (nSPS) is 15.9. The van der Waals surface area contributed by atoms with E-state index in [1.54, 1.807) is 18.2 Å². The number of aryl methyl sites for hydroxylation is 1. The Labute approximate surface area is 176 Å². The minimum absolute atomic E-state index is 0.207. The number of hydrogen-bond acceptors (Lipinski definition) is 3. The quantitative estimate of drug-likeness (QED) is 0.590. The summed E-state index contributed by atoms with van der Waals surface area (Å²) in [5.41, 5.74) is 9.14. The lowest BCUT2D eigenvalue weighted by molar-refractivity contribution is 0.0987. The predicted molar refractivity (Wildman–Crippen MR) is 116 cm³/mol. The van der Waals surface area contributed by atoms with Gasteiger partial charge in [0.05, 0.1) is 0 Å². The van der Waals surface area contributed by atoms with Crippen LogP contribution < -0.4 is 10.5 Å². The summed E-state index contributed by atoms with van der Waals surface area (Å²) in [6.45, 7) is 4.65. The number of amides is 1. The van der Waals surface area contributed by atoms with E-state index in [1.807, 2.05) is 18.3 Å². The third kappa shape index (κ3) is 4.19. The van der Waals surface area contributed by atoms with Gasteiger partial charge < -0.3 is 15.5 Å². The van der Waals surface area contributed by atoms with E-state index in [2.05, 4.69) is 16.8 Å². The number of carbonyl (C=O) groups is 1. The number of nitrogens with one attached hydrogen (secondary N) is 1. The van der Waals surface area contributed by atoms with E-state index in [-0.39, 0.29) is 11.9 Å². The molecule has 30 heavy (non-hydrogen) atoms. The molecule has 3 N–H and O–H groups in total. The van der Waals surface area contributed by atoms with Crippen molar-refractivity contribution in [1.29, 1.82) is 0 Å². The molecule has 0 bridgehead atoms. The molecular weight excluding hydrogens is 381 g/mol. The van der Waals surface area contributed by atoms with E-state index in [9.17, 15) is 9.18 Å². The van der Waals surface area contributed by atoms with Crippen LogP contribution in [0.1, 0.15) is 41.3 Å². The van der Waals surface area contributed by atoms with Gasteiger partial charge in [0, 0.05) is 34.3 Å². The van der Waals surface area contributed by atoms with Crippen molar-refractivity contribution < 1.29 is 13.9 Å². The molecule has 1 unspecified atom stereocenters. The minimum atomic E-state index is -0.412. The molecule has 4 rings (SSSR count). The first kappa shape index (κ1) is 20.4. The molecule has 6 heteroatoms. The Morgan fingerprint density at radius 1 is 1.30 bits per heavy atom. The summed E-state index contributed by atoms with van der Waals surface area (Å²) in [4.78, 5) is 17.5. The molecule has 0 spiro atoms. The molecule has 158 valence electrons. The number of hydrogen-bond donors (Lipinski definition) is 2. The number of nitrogens with two attached hydrogens (primary N) is 1. The Hall–Kier alpha value is -2.86. The highest BCUT2D eigenvalue weighted by Crippen LogP contribution is 2.30. The molecule has 1 aliphatic rings. The molecule has 3 aromatic rings. The lowest BCUT2D eigenvalue weighted by Gasteiger charge is -2.35. The van der Waals surface area contributed by atoms with Crippen LogP contribution in [0.4, 0.5) is 4.39 Å². The van der Waals surface area contributed by atoms with Crippen molar-refractivity contribution in [2.75, 3.05) is 19.7 Å². The highest BCUT2D eigenvalue weighted by Gasteiger charge is 2.27. The smallest absolute Gasteiger partial charge is 0.249 e. The van der Waals surface area contributed by atoms with Gasteiger partial charge in [-0.15, -0.1) is 0 Å². The highest BCUT2D eigenvalue weighted by atomic mass is 19.1. The van der Waals surface area contributed by atoms with E-state index in [1.165, 1.54) is 6.07 Å². The summed E-state index contributed by atoms with van der Waals surface area (Å²) < 4.78 is 19.6. The van der Waals surface area contributed by atoms with Gasteiger partial charge in [-0.3, -0.25) is 9.69 Å². The van der Waals surface area contributed by atoms with Crippen LogP contribution in [-0.4, -0.2) is 41.5 Å². The molecule has 0 aliphatic carbocycles. The summed E-state index contributed by atoms with van der Waals surface area (Å²) in [7, 11) is 0.